The van der Waals surface area contributed by atoms with Crippen LogP contribution in [0.25, 0.3) is 21.7 Å². The molecule has 0 radical (unpaired) electrons. The number of imidazole rings is 1. The highest BCUT2D eigenvalue weighted by Gasteiger charge is 2.17. The van der Waals surface area contributed by atoms with Gasteiger partial charge >= 0.3 is 5.97 Å². The molecule has 0 aliphatic heterocycles. The zero-order valence-electron chi connectivity index (χ0n) is 20.3. The summed E-state index contributed by atoms with van der Waals surface area (Å²) >= 11 is 1.28. The summed E-state index contributed by atoms with van der Waals surface area (Å²) < 4.78 is 30.4. The lowest BCUT2D eigenvalue weighted by atomic mass is 10.1. The van der Waals surface area contributed by atoms with Crippen LogP contribution in [-0.4, -0.2) is 36.7 Å². The fourth-order valence-electron chi connectivity index (χ4n) is 3.97. The lowest BCUT2D eigenvalue weighted by molar-refractivity contribution is 0.0532. The van der Waals surface area contributed by atoms with E-state index in [-0.39, 0.29) is 11.7 Å². The standard InChI is InChI=1S/C26H36N2O4S2/c1-3-5-6-7-8-9-10-11-12-13-18-34(30,31)21-16-14-20(15-17-21)24-27-22-19-23(26(29)32-4-2)33-25(22)28-24/h14-17,19H,3-13,18H2,1-2H3,(H,27,28). The fourth-order valence-corrected chi connectivity index (χ4v) is 6.22. The van der Waals surface area contributed by atoms with Gasteiger partial charge < -0.3 is 9.72 Å². The van der Waals surface area contributed by atoms with Crippen LogP contribution < -0.4 is 0 Å². The number of ether oxygens (including phenoxy) is 1. The smallest absolute Gasteiger partial charge is 0.348 e. The van der Waals surface area contributed by atoms with Crippen LogP contribution in [0.3, 0.4) is 0 Å². The minimum absolute atomic E-state index is 0.190. The fraction of sp³-hybridized carbons (Fsp3) is 0.538. The number of nitrogens with zero attached hydrogens (tertiary/aromatic N) is 1. The maximum absolute atomic E-state index is 12.7. The van der Waals surface area contributed by atoms with Gasteiger partial charge in [0, 0.05) is 5.56 Å². The molecule has 34 heavy (non-hydrogen) atoms. The Bertz CT molecular complexity index is 1120. The molecule has 3 aromatic rings. The first-order valence-corrected chi connectivity index (χ1v) is 14.9. The zero-order valence-corrected chi connectivity index (χ0v) is 21.9. The second kappa shape index (κ2) is 13.0. The van der Waals surface area contributed by atoms with Gasteiger partial charge in [0.25, 0.3) is 0 Å². The molecule has 0 saturated heterocycles. The highest BCUT2D eigenvalue weighted by atomic mass is 32.2. The van der Waals surface area contributed by atoms with Crippen LogP contribution in [0.15, 0.2) is 35.2 Å². The molecule has 1 aromatic carbocycles. The van der Waals surface area contributed by atoms with E-state index < -0.39 is 9.84 Å². The lowest BCUT2D eigenvalue weighted by Gasteiger charge is -2.06. The molecule has 0 fully saturated rings. The van der Waals surface area contributed by atoms with Gasteiger partial charge in [-0.05, 0) is 43.7 Å². The molecule has 0 aliphatic rings. The summed E-state index contributed by atoms with van der Waals surface area (Å²) in [7, 11) is -3.28. The first-order valence-electron chi connectivity index (χ1n) is 12.4. The summed E-state index contributed by atoms with van der Waals surface area (Å²) in [6.07, 6.45) is 11.8. The van der Waals surface area contributed by atoms with Gasteiger partial charge in [0.1, 0.15) is 15.5 Å². The molecule has 6 nitrogen and oxygen atoms in total. The maximum Gasteiger partial charge on any atom is 0.348 e. The van der Waals surface area contributed by atoms with Crippen molar-refractivity contribution < 1.29 is 17.9 Å². The summed E-state index contributed by atoms with van der Waals surface area (Å²) in [4.78, 5) is 21.2. The van der Waals surface area contributed by atoms with Crippen LogP contribution >= 0.6 is 11.3 Å². The number of aromatic amines is 1. The van der Waals surface area contributed by atoms with E-state index in [2.05, 4.69) is 16.9 Å². The number of thiophene rings is 1. The van der Waals surface area contributed by atoms with Gasteiger partial charge in [0.05, 0.1) is 22.8 Å². The lowest BCUT2D eigenvalue weighted by Crippen LogP contribution is -2.06. The molecule has 2 aromatic heterocycles. The molecule has 2 heterocycles. The predicted octanol–water partition coefficient (Wildman–Crippen LogP) is 7.16. The molecule has 0 bridgehead atoms. The van der Waals surface area contributed by atoms with E-state index in [9.17, 15) is 13.2 Å². The number of aromatic nitrogens is 2. The molecule has 8 heteroatoms. The summed E-state index contributed by atoms with van der Waals surface area (Å²) in [5.41, 5.74) is 1.57. The summed E-state index contributed by atoms with van der Waals surface area (Å²) in [6, 6.07) is 8.60. The van der Waals surface area contributed by atoms with E-state index >= 15 is 0 Å². The molecule has 0 spiro atoms. The Morgan fingerprint density at radius 3 is 2.15 bits per heavy atom. The van der Waals surface area contributed by atoms with E-state index in [1.807, 2.05) is 0 Å². The molecule has 3 rings (SSSR count). The Labute approximate surface area is 207 Å². The Balaban J connectivity index is 1.47. The largest absolute Gasteiger partial charge is 0.462 e. The number of carbonyl (C=O) groups excluding carboxylic acids is 1. The average Bonchev–Trinajstić information content (AvgIpc) is 3.40. The van der Waals surface area contributed by atoms with Crippen molar-refractivity contribution in [1.29, 1.82) is 0 Å². The second-order valence-electron chi connectivity index (χ2n) is 8.66. The number of unbranched alkanes of at least 4 members (excludes halogenated alkanes) is 9. The predicted molar refractivity (Wildman–Crippen MR) is 139 cm³/mol. The Morgan fingerprint density at radius 1 is 0.941 bits per heavy atom. The van der Waals surface area contributed by atoms with E-state index in [1.165, 1.54) is 56.3 Å². The Kier molecular flexibility index (Phi) is 10.1. The Hall–Kier alpha value is -2.19. The molecule has 0 saturated carbocycles. The molecular weight excluding hydrogens is 468 g/mol. The van der Waals surface area contributed by atoms with Crippen molar-refractivity contribution in [2.24, 2.45) is 0 Å². The molecule has 0 aliphatic carbocycles. The van der Waals surface area contributed by atoms with Crippen LogP contribution in [0.1, 0.15) is 87.7 Å². The number of rotatable bonds is 15. The van der Waals surface area contributed by atoms with Crippen molar-refractivity contribution in [3.8, 4) is 11.4 Å². The van der Waals surface area contributed by atoms with Gasteiger partial charge in [-0.1, -0.05) is 64.7 Å². The van der Waals surface area contributed by atoms with Crippen molar-refractivity contribution in [3.63, 3.8) is 0 Å². The highest BCUT2D eigenvalue weighted by molar-refractivity contribution is 7.91. The topological polar surface area (TPSA) is 89.1 Å². The number of carbonyl (C=O) groups is 1. The van der Waals surface area contributed by atoms with E-state index in [4.69, 9.17) is 4.74 Å². The number of sulfone groups is 1. The minimum Gasteiger partial charge on any atom is -0.462 e. The number of hydrogen-bond donors (Lipinski definition) is 1. The van der Waals surface area contributed by atoms with Crippen molar-refractivity contribution in [2.45, 2.75) is 83.0 Å². The number of hydrogen-bond acceptors (Lipinski definition) is 6. The van der Waals surface area contributed by atoms with Crippen LogP contribution in [0.5, 0.6) is 0 Å². The number of fused-ring (bicyclic) bond motifs is 1. The van der Waals surface area contributed by atoms with Crippen LogP contribution in [-0.2, 0) is 14.6 Å². The SMILES string of the molecule is CCCCCCCCCCCCS(=O)(=O)c1ccc(-c2nc3sc(C(=O)OCC)cc3[nH]2)cc1. The van der Waals surface area contributed by atoms with Gasteiger partial charge in [-0.15, -0.1) is 11.3 Å². The highest BCUT2D eigenvalue weighted by Crippen LogP contribution is 2.28. The van der Waals surface area contributed by atoms with Gasteiger partial charge in [-0.2, -0.15) is 0 Å². The van der Waals surface area contributed by atoms with E-state index in [0.29, 0.717) is 28.6 Å². The first kappa shape index (κ1) is 26.4. The molecule has 0 atom stereocenters. The Morgan fingerprint density at radius 2 is 1.56 bits per heavy atom. The monoisotopic (exact) mass is 504 g/mol. The van der Waals surface area contributed by atoms with Gasteiger partial charge in [0.15, 0.2) is 9.84 Å². The summed E-state index contributed by atoms with van der Waals surface area (Å²) in [5, 5.41) is 0. The third-order valence-corrected chi connectivity index (χ3v) is 8.73. The second-order valence-corrected chi connectivity index (χ2v) is 11.8. The zero-order chi connectivity index (χ0) is 24.4. The third-order valence-electron chi connectivity index (χ3n) is 5.91. The van der Waals surface area contributed by atoms with Gasteiger partial charge in [-0.25, -0.2) is 18.2 Å². The van der Waals surface area contributed by atoms with Crippen LogP contribution in [0, 0.1) is 0 Å². The van der Waals surface area contributed by atoms with Gasteiger partial charge in [0.2, 0.25) is 0 Å². The molecule has 1 N–H and O–H groups in total. The first-order chi connectivity index (χ1) is 16.4. The normalized spacial score (nSPS) is 11.8. The summed E-state index contributed by atoms with van der Waals surface area (Å²) in [6.45, 7) is 4.33. The summed E-state index contributed by atoms with van der Waals surface area (Å²) in [5.74, 6) is 0.489. The van der Waals surface area contributed by atoms with Crippen molar-refractivity contribution in [2.75, 3.05) is 12.4 Å². The minimum atomic E-state index is -3.28. The number of H-pyrrole nitrogens is 1. The van der Waals surface area contributed by atoms with Crippen molar-refractivity contribution in [1.82, 2.24) is 9.97 Å². The number of esters is 1. The molecule has 0 amide bonds. The van der Waals surface area contributed by atoms with E-state index in [1.54, 1.807) is 37.3 Å². The average molecular weight is 505 g/mol. The maximum atomic E-state index is 12.7. The molecular formula is C26H36N2O4S2. The van der Waals surface area contributed by atoms with Crippen molar-refractivity contribution >= 4 is 37.5 Å². The molecule has 0 unspecified atom stereocenters. The van der Waals surface area contributed by atoms with Crippen LogP contribution in [0.4, 0.5) is 0 Å². The number of nitrogens with one attached hydrogen (secondary N) is 1. The van der Waals surface area contributed by atoms with Gasteiger partial charge in [-0.3, -0.25) is 0 Å². The third kappa shape index (κ3) is 7.40. The van der Waals surface area contributed by atoms with E-state index in [0.717, 1.165) is 28.8 Å². The van der Waals surface area contributed by atoms with Crippen LogP contribution in [0.2, 0.25) is 0 Å². The molecule has 186 valence electrons. The quantitative estimate of drug-likeness (QED) is 0.175. The van der Waals surface area contributed by atoms with Crippen molar-refractivity contribution in [3.05, 3.63) is 35.2 Å². The number of benzene rings is 1.